The molecule has 2 aromatic rings. The standard InChI is InChI=1S/C18H18ClN3O5S/c1-21(11-13-9-15(22(24)25)7-8-17(13)19)18(23)12-3-2-4-16(10-12)28(26,27)20-14-5-6-14/h2-4,7-10,14,20H,5-6,11H2,1H3. The number of amides is 1. The maximum atomic E-state index is 12.7. The Balaban J connectivity index is 1.79. The van der Waals surface area contributed by atoms with E-state index in [1.165, 1.54) is 54.4 Å². The average Bonchev–Trinajstić information content (AvgIpc) is 3.46. The van der Waals surface area contributed by atoms with E-state index in [1.54, 1.807) is 0 Å². The van der Waals surface area contributed by atoms with Crippen LogP contribution in [0.25, 0.3) is 0 Å². The summed E-state index contributed by atoms with van der Waals surface area (Å²) in [5.74, 6) is -0.425. The third-order valence-corrected chi connectivity index (χ3v) is 6.17. The first kappa shape index (κ1) is 20.2. The molecule has 28 heavy (non-hydrogen) atoms. The van der Waals surface area contributed by atoms with Crippen LogP contribution in [0.5, 0.6) is 0 Å². The molecule has 1 aliphatic rings. The van der Waals surface area contributed by atoms with Crippen molar-refractivity contribution in [1.29, 1.82) is 0 Å². The Labute approximate surface area is 167 Å². The Bertz CT molecular complexity index is 1040. The SMILES string of the molecule is CN(Cc1cc([N+](=O)[O-])ccc1Cl)C(=O)c1cccc(S(=O)(=O)NC2CC2)c1. The summed E-state index contributed by atoms with van der Waals surface area (Å²) in [6, 6.07) is 9.73. The highest BCUT2D eigenvalue weighted by molar-refractivity contribution is 7.89. The number of halogens is 1. The van der Waals surface area contributed by atoms with Crippen LogP contribution in [0.4, 0.5) is 5.69 Å². The van der Waals surface area contributed by atoms with Crippen molar-refractivity contribution in [2.75, 3.05) is 7.05 Å². The number of nitrogens with zero attached hydrogens (tertiary/aromatic N) is 2. The van der Waals surface area contributed by atoms with Crippen LogP contribution in [0, 0.1) is 10.1 Å². The maximum absolute atomic E-state index is 12.7. The highest BCUT2D eigenvalue weighted by Gasteiger charge is 2.28. The number of nitro groups is 1. The lowest BCUT2D eigenvalue weighted by Gasteiger charge is -2.18. The fourth-order valence-corrected chi connectivity index (χ4v) is 4.16. The molecule has 0 aromatic heterocycles. The predicted molar refractivity (Wildman–Crippen MR) is 104 cm³/mol. The number of carbonyl (C=O) groups is 1. The summed E-state index contributed by atoms with van der Waals surface area (Å²) in [6.07, 6.45) is 1.62. The lowest BCUT2D eigenvalue weighted by atomic mass is 10.1. The van der Waals surface area contributed by atoms with Crippen LogP contribution in [0.3, 0.4) is 0 Å². The number of benzene rings is 2. The van der Waals surface area contributed by atoms with Crippen LogP contribution < -0.4 is 4.72 Å². The summed E-state index contributed by atoms with van der Waals surface area (Å²) in [4.78, 5) is 24.5. The summed E-state index contributed by atoms with van der Waals surface area (Å²) < 4.78 is 27.3. The van der Waals surface area contributed by atoms with E-state index in [2.05, 4.69) is 4.72 Å². The van der Waals surface area contributed by atoms with Gasteiger partial charge in [-0.15, -0.1) is 0 Å². The molecule has 0 unspecified atom stereocenters. The third-order valence-electron chi connectivity index (χ3n) is 4.28. The van der Waals surface area contributed by atoms with Crippen LogP contribution in [-0.2, 0) is 16.6 Å². The van der Waals surface area contributed by atoms with E-state index in [4.69, 9.17) is 11.6 Å². The second-order valence-electron chi connectivity index (χ2n) is 6.62. The largest absolute Gasteiger partial charge is 0.337 e. The van der Waals surface area contributed by atoms with Crippen molar-refractivity contribution < 1.29 is 18.1 Å². The lowest BCUT2D eigenvalue weighted by molar-refractivity contribution is -0.384. The Kier molecular flexibility index (Phi) is 5.69. The van der Waals surface area contributed by atoms with Gasteiger partial charge in [0.05, 0.1) is 9.82 Å². The van der Waals surface area contributed by atoms with Gasteiger partial charge >= 0.3 is 0 Å². The van der Waals surface area contributed by atoms with Crippen molar-refractivity contribution in [1.82, 2.24) is 9.62 Å². The van der Waals surface area contributed by atoms with Crippen LogP contribution in [0.1, 0.15) is 28.8 Å². The number of hydrogen-bond acceptors (Lipinski definition) is 5. The van der Waals surface area contributed by atoms with Gasteiger partial charge in [-0.3, -0.25) is 14.9 Å². The zero-order valence-corrected chi connectivity index (χ0v) is 16.5. The summed E-state index contributed by atoms with van der Waals surface area (Å²) in [5, 5.41) is 11.2. The molecule has 1 aliphatic carbocycles. The van der Waals surface area contributed by atoms with Crippen molar-refractivity contribution in [2.24, 2.45) is 0 Å². The Morgan fingerprint density at radius 1 is 1.29 bits per heavy atom. The zero-order valence-electron chi connectivity index (χ0n) is 15.0. The van der Waals surface area contributed by atoms with Crippen molar-refractivity contribution in [3.63, 3.8) is 0 Å². The first-order valence-corrected chi connectivity index (χ1v) is 10.3. The number of non-ortho nitro benzene ring substituents is 1. The minimum absolute atomic E-state index is 0.0204. The fourth-order valence-electron chi connectivity index (χ4n) is 2.63. The minimum Gasteiger partial charge on any atom is -0.337 e. The first-order valence-electron chi connectivity index (χ1n) is 8.48. The van der Waals surface area contributed by atoms with Gasteiger partial charge < -0.3 is 4.90 Å². The molecule has 1 amide bonds. The Morgan fingerprint density at radius 2 is 2.00 bits per heavy atom. The number of rotatable bonds is 7. The minimum atomic E-state index is -3.68. The van der Waals surface area contributed by atoms with Gasteiger partial charge in [-0.25, -0.2) is 13.1 Å². The summed E-state index contributed by atoms with van der Waals surface area (Å²) in [7, 11) is -2.16. The van der Waals surface area contributed by atoms with E-state index in [1.807, 2.05) is 0 Å². The first-order chi connectivity index (χ1) is 13.2. The monoisotopic (exact) mass is 423 g/mol. The highest BCUT2D eigenvalue weighted by atomic mass is 35.5. The molecule has 8 nitrogen and oxygen atoms in total. The van der Waals surface area contributed by atoms with Crippen molar-refractivity contribution >= 4 is 33.2 Å². The van der Waals surface area contributed by atoms with Gasteiger partial charge in [0.25, 0.3) is 11.6 Å². The van der Waals surface area contributed by atoms with E-state index in [0.29, 0.717) is 10.6 Å². The molecule has 2 aromatic carbocycles. The van der Waals surface area contributed by atoms with E-state index in [9.17, 15) is 23.3 Å². The van der Waals surface area contributed by atoms with Gasteiger partial charge in [0.15, 0.2) is 0 Å². The second-order valence-corrected chi connectivity index (χ2v) is 8.74. The van der Waals surface area contributed by atoms with Gasteiger partial charge in [0.1, 0.15) is 0 Å². The van der Waals surface area contributed by atoms with Crippen LogP contribution >= 0.6 is 11.6 Å². The topological polar surface area (TPSA) is 110 Å². The van der Waals surface area contributed by atoms with Gasteiger partial charge in [-0.2, -0.15) is 0 Å². The molecule has 1 saturated carbocycles. The molecule has 0 atom stereocenters. The van der Waals surface area contributed by atoms with Crippen LogP contribution in [-0.4, -0.2) is 37.2 Å². The smallest absolute Gasteiger partial charge is 0.269 e. The predicted octanol–water partition coefficient (Wildman–Crippen LogP) is 2.96. The van der Waals surface area contributed by atoms with Gasteiger partial charge in [0.2, 0.25) is 10.0 Å². The maximum Gasteiger partial charge on any atom is 0.269 e. The van der Waals surface area contributed by atoms with E-state index >= 15 is 0 Å². The van der Waals surface area contributed by atoms with E-state index in [0.717, 1.165) is 12.8 Å². The molecule has 1 N–H and O–H groups in total. The summed E-state index contributed by atoms with van der Waals surface area (Å²) in [6.45, 7) is 0.0383. The molecular weight excluding hydrogens is 406 g/mol. The average molecular weight is 424 g/mol. The van der Waals surface area contributed by atoms with Crippen molar-refractivity contribution in [2.45, 2.75) is 30.3 Å². The summed E-state index contributed by atoms with van der Waals surface area (Å²) >= 11 is 6.09. The van der Waals surface area contributed by atoms with Crippen LogP contribution in [0.15, 0.2) is 47.4 Å². The molecular formula is C18H18ClN3O5S. The van der Waals surface area contributed by atoms with Crippen molar-refractivity contribution in [3.8, 4) is 0 Å². The molecule has 0 saturated heterocycles. The van der Waals surface area contributed by atoms with Crippen LogP contribution in [0.2, 0.25) is 5.02 Å². The number of nitrogens with one attached hydrogen (secondary N) is 1. The summed E-state index contributed by atoms with van der Waals surface area (Å²) in [5.41, 5.74) is 0.494. The number of sulfonamides is 1. The van der Waals surface area contributed by atoms with Gasteiger partial charge in [-0.1, -0.05) is 17.7 Å². The number of carbonyl (C=O) groups excluding carboxylic acids is 1. The van der Waals surface area contributed by atoms with E-state index in [-0.39, 0.29) is 28.7 Å². The Hall–Kier alpha value is -2.49. The van der Waals surface area contributed by atoms with Gasteiger partial charge in [-0.05, 0) is 42.7 Å². The van der Waals surface area contributed by atoms with Crippen molar-refractivity contribution in [3.05, 3.63) is 68.7 Å². The molecule has 0 radical (unpaired) electrons. The molecule has 0 aliphatic heterocycles. The third kappa shape index (κ3) is 4.67. The zero-order chi connectivity index (χ0) is 20.5. The Morgan fingerprint density at radius 3 is 2.64 bits per heavy atom. The highest BCUT2D eigenvalue weighted by Crippen LogP contribution is 2.25. The molecule has 10 heteroatoms. The molecule has 0 heterocycles. The number of hydrogen-bond donors (Lipinski definition) is 1. The molecule has 1 fully saturated rings. The fraction of sp³-hybridized carbons (Fsp3) is 0.278. The van der Waals surface area contributed by atoms with E-state index < -0.39 is 20.9 Å². The lowest BCUT2D eigenvalue weighted by Crippen LogP contribution is -2.28. The normalized spacial score (nSPS) is 13.9. The number of nitro benzene ring substituents is 1. The van der Waals surface area contributed by atoms with Gasteiger partial charge in [0, 0.05) is 42.4 Å². The molecule has 0 spiro atoms. The second kappa shape index (κ2) is 7.86. The molecule has 0 bridgehead atoms. The quantitative estimate of drug-likeness (QED) is 0.543. The molecule has 3 rings (SSSR count). The molecule has 148 valence electrons.